The monoisotopic (exact) mass is 274 g/mol. The zero-order chi connectivity index (χ0) is 14.4. The second-order valence-corrected chi connectivity index (χ2v) is 5.10. The van der Waals surface area contributed by atoms with Crippen molar-refractivity contribution in [2.24, 2.45) is 10.7 Å². The van der Waals surface area contributed by atoms with E-state index in [-0.39, 0.29) is 5.91 Å². The first-order valence-corrected chi connectivity index (χ1v) is 7.06. The van der Waals surface area contributed by atoms with Crippen LogP contribution in [0.25, 0.3) is 0 Å². The summed E-state index contributed by atoms with van der Waals surface area (Å²) >= 11 is 0. The Labute approximate surface area is 119 Å². The molecule has 1 aliphatic rings. The van der Waals surface area contributed by atoms with Gasteiger partial charge in [-0.05, 0) is 37.5 Å². The van der Waals surface area contributed by atoms with Gasteiger partial charge in [0.05, 0.1) is 0 Å². The number of aryl methyl sites for hydroxylation is 1. The Morgan fingerprint density at radius 3 is 3.05 bits per heavy atom. The Morgan fingerprint density at radius 1 is 1.50 bits per heavy atom. The smallest absolute Gasteiger partial charge is 0.222 e. The van der Waals surface area contributed by atoms with Gasteiger partial charge >= 0.3 is 0 Å². The molecule has 0 unspecified atom stereocenters. The normalized spacial score (nSPS) is 15.8. The van der Waals surface area contributed by atoms with Gasteiger partial charge in [-0.25, -0.2) is 0 Å². The molecule has 0 saturated carbocycles. The van der Waals surface area contributed by atoms with Crippen molar-refractivity contribution in [1.29, 1.82) is 0 Å². The second kappa shape index (κ2) is 6.93. The van der Waals surface area contributed by atoms with Gasteiger partial charge in [-0.3, -0.25) is 9.79 Å². The zero-order valence-electron chi connectivity index (χ0n) is 11.9. The number of nitrogens with two attached hydrogens (primary N) is 1. The van der Waals surface area contributed by atoms with Crippen LogP contribution in [0.2, 0.25) is 0 Å². The molecule has 0 bridgehead atoms. The van der Waals surface area contributed by atoms with E-state index in [9.17, 15) is 4.79 Å². The number of anilines is 1. The molecule has 1 heterocycles. The van der Waals surface area contributed by atoms with Crippen molar-refractivity contribution < 1.29 is 4.79 Å². The van der Waals surface area contributed by atoms with E-state index in [0.717, 1.165) is 31.6 Å². The van der Waals surface area contributed by atoms with Gasteiger partial charge in [0.1, 0.15) is 0 Å². The van der Waals surface area contributed by atoms with Crippen LogP contribution in [0.3, 0.4) is 0 Å². The molecule has 1 aliphatic heterocycles. The van der Waals surface area contributed by atoms with Crippen LogP contribution in [-0.2, 0) is 4.79 Å². The van der Waals surface area contributed by atoms with Crippen molar-refractivity contribution >= 4 is 17.6 Å². The summed E-state index contributed by atoms with van der Waals surface area (Å²) < 4.78 is 0. The minimum atomic E-state index is 0.264. The highest BCUT2D eigenvalue weighted by molar-refractivity contribution is 5.92. The third kappa shape index (κ3) is 4.26. The minimum Gasteiger partial charge on any atom is -0.370 e. The fraction of sp³-hybridized carbons (Fsp3) is 0.467. The molecule has 1 amide bonds. The number of benzene rings is 1. The number of carbonyl (C=O) groups excluding carboxylic acids is 1. The molecule has 1 aromatic rings. The van der Waals surface area contributed by atoms with Crippen molar-refractivity contribution in [2.45, 2.75) is 26.2 Å². The van der Waals surface area contributed by atoms with Crippen LogP contribution < -0.4 is 11.1 Å². The van der Waals surface area contributed by atoms with E-state index in [1.807, 2.05) is 36.1 Å². The van der Waals surface area contributed by atoms with Crippen LogP contribution in [0.15, 0.2) is 29.3 Å². The predicted octanol–water partition coefficient (Wildman–Crippen LogP) is 1.73. The molecule has 0 aromatic heterocycles. The van der Waals surface area contributed by atoms with Crippen molar-refractivity contribution in [3.8, 4) is 0 Å². The summed E-state index contributed by atoms with van der Waals surface area (Å²) in [5, 5.41) is 3.07. The number of nitrogens with one attached hydrogen (secondary N) is 1. The molecule has 5 nitrogen and oxygen atoms in total. The first-order chi connectivity index (χ1) is 9.65. The molecule has 0 radical (unpaired) electrons. The van der Waals surface area contributed by atoms with Gasteiger partial charge in [0, 0.05) is 31.7 Å². The molecule has 0 atom stereocenters. The van der Waals surface area contributed by atoms with Crippen molar-refractivity contribution in [3.63, 3.8) is 0 Å². The lowest BCUT2D eigenvalue weighted by Crippen LogP contribution is -2.27. The Bertz CT molecular complexity index is 498. The third-order valence-electron chi connectivity index (χ3n) is 3.33. The zero-order valence-corrected chi connectivity index (χ0v) is 11.9. The van der Waals surface area contributed by atoms with Gasteiger partial charge in [-0.2, -0.15) is 0 Å². The lowest BCUT2D eigenvalue weighted by atomic mass is 10.2. The Balaban J connectivity index is 1.72. The number of hydrogen-bond acceptors (Lipinski definition) is 2. The second-order valence-electron chi connectivity index (χ2n) is 5.10. The topological polar surface area (TPSA) is 70.7 Å². The van der Waals surface area contributed by atoms with Gasteiger partial charge in [-0.1, -0.05) is 12.1 Å². The van der Waals surface area contributed by atoms with Crippen LogP contribution >= 0.6 is 0 Å². The van der Waals surface area contributed by atoms with Gasteiger partial charge in [0.2, 0.25) is 5.91 Å². The molecule has 2 rings (SSSR count). The molecular formula is C15H22N4O. The predicted molar refractivity (Wildman–Crippen MR) is 81.7 cm³/mol. The van der Waals surface area contributed by atoms with Gasteiger partial charge in [0.15, 0.2) is 5.96 Å². The number of carbonyl (C=O) groups is 1. The van der Waals surface area contributed by atoms with E-state index in [1.165, 1.54) is 5.56 Å². The minimum absolute atomic E-state index is 0.264. The van der Waals surface area contributed by atoms with Crippen LogP contribution in [0.1, 0.15) is 24.8 Å². The molecule has 1 aromatic carbocycles. The van der Waals surface area contributed by atoms with E-state index in [2.05, 4.69) is 10.3 Å². The molecule has 5 heteroatoms. The first kappa shape index (κ1) is 14.4. The third-order valence-corrected chi connectivity index (χ3v) is 3.33. The molecule has 1 fully saturated rings. The molecule has 3 N–H and O–H groups in total. The van der Waals surface area contributed by atoms with Crippen molar-refractivity contribution in [3.05, 3.63) is 29.8 Å². The largest absolute Gasteiger partial charge is 0.370 e. The maximum Gasteiger partial charge on any atom is 0.222 e. The highest BCUT2D eigenvalue weighted by Crippen LogP contribution is 2.10. The summed E-state index contributed by atoms with van der Waals surface area (Å²) in [6.07, 6.45) is 2.53. The Morgan fingerprint density at radius 2 is 2.35 bits per heavy atom. The number of guanidine groups is 1. The lowest BCUT2D eigenvalue weighted by Gasteiger charge is -2.14. The average Bonchev–Trinajstić information content (AvgIpc) is 2.80. The van der Waals surface area contributed by atoms with E-state index < -0.39 is 0 Å². The molecule has 20 heavy (non-hydrogen) atoms. The number of nitrogens with zero attached hydrogens (tertiary/aromatic N) is 2. The fourth-order valence-corrected chi connectivity index (χ4v) is 2.31. The quantitative estimate of drug-likeness (QED) is 0.488. The van der Waals surface area contributed by atoms with Gasteiger partial charge in [-0.15, -0.1) is 0 Å². The molecule has 0 aliphatic carbocycles. The first-order valence-electron chi connectivity index (χ1n) is 7.06. The van der Waals surface area contributed by atoms with Gasteiger partial charge < -0.3 is 16.0 Å². The Hall–Kier alpha value is -2.04. The summed E-state index contributed by atoms with van der Waals surface area (Å²) in [6.45, 7) is 4.33. The van der Waals surface area contributed by atoms with Gasteiger partial charge in [0.25, 0.3) is 0 Å². The number of likely N-dealkylation sites (tertiary alicyclic amines) is 1. The van der Waals surface area contributed by atoms with Crippen LogP contribution in [0, 0.1) is 6.92 Å². The summed E-state index contributed by atoms with van der Waals surface area (Å²) in [7, 11) is 0. The molecule has 1 saturated heterocycles. The average molecular weight is 274 g/mol. The van der Waals surface area contributed by atoms with E-state index in [1.54, 1.807) is 0 Å². The summed E-state index contributed by atoms with van der Waals surface area (Å²) in [5.74, 6) is 0.684. The van der Waals surface area contributed by atoms with E-state index in [4.69, 9.17) is 5.73 Å². The number of rotatable bonds is 5. The molecule has 108 valence electrons. The summed E-state index contributed by atoms with van der Waals surface area (Å²) in [5.41, 5.74) is 7.96. The summed E-state index contributed by atoms with van der Waals surface area (Å²) in [6, 6.07) is 7.99. The van der Waals surface area contributed by atoms with E-state index >= 15 is 0 Å². The number of amides is 1. The highest BCUT2D eigenvalue weighted by Gasteiger charge is 2.18. The van der Waals surface area contributed by atoms with Crippen LogP contribution in [0.5, 0.6) is 0 Å². The molecule has 0 spiro atoms. The fourth-order valence-electron chi connectivity index (χ4n) is 2.31. The maximum atomic E-state index is 11.4. The summed E-state index contributed by atoms with van der Waals surface area (Å²) in [4.78, 5) is 17.6. The SMILES string of the molecule is Cc1cccc(NC(N)=NCCCN2CCCC2=O)c1. The Kier molecular flexibility index (Phi) is 4.98. The standard InChI is InChI=1S/C15H22N4O/c1-12-5-2-6-13(11-12)18-15(16)17-8-4-10-19-9-3-7-14(19)20/h2,5-6,11H,3-4,7-10H2,1H3,(H3,16,17,18). The van der Waals surface area contributed by atoms with Crippen molar-refractivity contribution in [2.75, 3.05) is 25.0 Å². The highest BCUT2D eigenvalue weighted by atomic mass is 16.2. The lowest BCUT2D eigenvalue weighted by molar-refractivity contribution is -0.127. The maximum absolute atomic E-state index is 11.4. The number of hydrogen-bond donors (Lipinski definition) is 2. The van der Waals surface area contributed by atoms with Crippen LogP contribution in [-0.4, -0.2) is 36.4 Å². The van der Waals surface area contributed by atoms with E-state index in [0.29, 0.717) is 18.9 Å². The van der Waals surface area contributed by atoms with Crippen molar-refractivity contribution in [1.82, 2.24) is 4.90 Å². The van der Waals surface area contributed by atoms with Crippen LogP contribution in [0.4, 0.5) is 5.69 Å². The molecular weight excluding hydrogens is 252 g/mol. The number of aliphatic imine (C=N–C) groups is 1.